The van der Waals surface area contributed by atoms with Gasteiger partial charge in [-0.25, -0.2) is 0 Å². The molecule has 0 spiro atoms. The van der Waals surface area contributed by atoms with Crippen molar-refractivity contribution < 1.29 is 5.11 Å². The summed E-state index contributed by atoms with van der Waals surface area (Å²) in [5, 5.41) is 13.6. The van der Waals surface area contributed by atoms with Gasteiger partial charge in [0.15, 0.2) is 0 Å². The molecule has 0 saturated carbocycles. The molecule has 0 radical (unpaired) electrons. The minimum atomic E-state index is 0.0984. The largest absolute Gasteiger partial charge is 0.392 e. The van der Waals surface area contributed by atoms with Gasteiger partial charge in [0, 0.05) is 17.6 Å². The first-order chi connectivity index (χ1) is 9.74. The van der Waals surface area contributed by atoms with Gasteiger partial charge in [0.25, 0.3) is 0 Å². The predicted molar refractivity (Wildman–Crippen MR) is 81.9 cm³/mol. The highest BCUT2D eigenvalue weighted by Crippen LogP contribution is 2.25. The van der Waals surface area contributed by atoms with E-state index >= 15 is 0 Å². The van der Waals surface area contributed by atoms with Crippen molar-refractivity contribution in [2.24, 2.45) is 0 Å². The summed E-state index contributed by atoms with van der Waals surface area (Å²) in [4.78, 5) is 0. The number of fused-ring (bicyclic) bond motifs is 1. The van der Waals surface area contributed by atoms with E-state index in [-0.39, 0.29) is 6.61 Å². The lowest BCUT2D eigenvalue weighted by atomic mass is 10.1. The second kappa shape index (κ2) is 5.96. The lowest BCUT2D eigenvalue weighted by molar-refractivity contribution is 0.281. The average Bonchev–Trinajstić information content (AvgIpc) is 2.87. The van der Waals surface area contributed by atoms with Crippen LogP contribution in [0.4, 0.5) is 0 Å². The first-order valence-corrected chi connectivity index (χ1v) is 7.32. The van der Waals surface area contributed by atoms with Gasteiger partial charge < -0.3 is 10.4 Å². The summed E-state index contributed by atoms with van der Waals surface area (Å²) in [6.07, 6.45) is 2.10. The van der Waals surface area contributed by atoms with Crippen molar-refractivity contribution in [3.05, 3.63) is 69.7 Å². The third-order valence-corrected chi connectivity index (χ3v) is 4.10. The summed E-state index contributed by atoms with van der Waals surface area (Å²) < 4.78 is 0. The Bertz CT molecular complexity index is 612. The minimum Gasteiger partial charge on any atom is -0.392 e. The molecule has 0 aromatic heterocycles. The molecule has 2 aromatic carbocycles. The van der Waals surface area contributed by atoms with E-state index in [1.54, 1.807) is 0 Å². The Morgan fingerprint density at radius 2 is 1.85 bits per heavy atom. The molecule has 2 N–H and O–H groups in total. The lowest BCUT2D eigenvalue weighted by Crippen LogP contribution is -2.28. The number of aliphatic hydroxyl groups excluding tert-OH is 1. The van der Waals surface area contributed by atoms with Gasteiger partial charge in [-0.05, 0) is 47.2 Å². The summed E-state index contributed by atoms with van der Waals surface area (Å²) in [7, 11) is 0. The third kappa shape index (κ3) is 3.04. The van der Waals surface area contributed by atoms with Crippen molar-refractivity contribution in [1.82, 2.24) is 5.32 Å². The topological polar surface area (TPSA) is 32.3 Å². The first kappa shape index (κ1) is 13.6. The molecule has 20 heavy (non-hydrogen) atoms. The number of aliphatic hydroxyl groups is 1. The molecule has 0 bridgehead atoms. The Balaban J connectivity index is 1.60. The third-order valence-electron chi connectivity index (χ3n) is 3.87. The Hall–Kier alpha value is -1.35. The van der Waals surface area contributed by atoms with Crippen LogP contribution >= 0.6 is 11.6 Å². The normalized spacial score (nSPS) is 17.2. The maximum absolute atomic E-state index is 9.15. The van der Waals surface area contributed by atoms with Crippen LogP contribution in [0.3, 0.4) is 0 Å². The van der Waals surface area contributed by atoms with Crippen LogP contribution in [0.5, 0.6) is 0 Å². The monoisotopic (exact) mass is 287 g/mol. The second-order valence-electron chi connectivity index (χ2n) is 5.38. The van der Waals surface area contributed by atoms with E-state index < -0.39 is 0 Å². The zero-order chi connectivity index (χ0) is 13.9. The molecular weight excluding hydrogens is 270 g/mol. The molecule has 1 atom stereocenters. The van der Waals surface area contributed by atoms with E-state index in [0.29, 0.717) is 6.04 Å². The Morgan fingerprint density at radius 1 is 1.05 bits per heavy atom. The molecule has 0 fully saturated rings. The van der Waals surface area contributed by atoms with Gasteiger partial charge in [0.05, 0.1) is 6.61 Å². The Kier molecular flexibility index (Phi) is 4.06. The molecule has 0 saturated heterocycles. The summed E-state index contributed by atoms with van der Waals surface area (Å²) >= 11 is 6.03. The number of halogens is 1. The van der Waals surface area contributed by atoms with Gasteiger partial charge in [0.1, 0.15) is 0 Å². The van der Waals surface area contributed by atoms with Crippen LogP contribution in [0.15, 0.2) is 42.5 Å². The highest BCUT2D eigenvalue weighted by Gasteiger charge is 2.20. The highest BCUT2D eigenvalue weighted by molar-refractivity contribution is 6.30. The first-order valence-electron chi connectivity index (χ1n) is 6.94. The van der Waals surface area contributed by atoms with Crippen LogP contribution in [0, 0.1) is 0 Å². The molecular formula is C17H18ClNO. The van der Waals surface area contributed by atoms with Crippen LogP contribution < -0.4 is 5.32 Å². The van der Waals surface area contributed by atoms with Gasteiger partial charge in [-0.2, -0.15) is 0 Å². The van der Waals surface area contributed by atoms with Gasteiger partial charge >= 0.3 is 0 Å². The van der Waals surface area contributed by atoms with E-state index in [9.17, 15) is 0 Å². The quantitative estimate of drug-likeness (QED) is 0.906. The van der Waals surface area contributed by atoms with Crippen LogP contribution in [-0.2, 0) is 26.0 Å². The molecule has 2 nitrogen and oxygen atoms in total. The smallest absolute Gasteiger partial charge is 0.0681 e. The fourth-order valence-electron chi connectivity index (χ4n) is 2.83. The fourth-order valence-corrected chi connectivity index (χ4v) is 3.03. The molecule has 2 aromatic rings. The average molecular weight is 288 g/mol. The van der Waals surface area contributed by atoms with E-state index in [1.807, 2.05) is 24.3 Å². The SMILES string of the molecule is OCc1cccc(CNC2Cc3ccc(Cl)cc3C2)c1. The summed E-state index contributed by atoms with van der Waals surface area (Å²) in [5.41, 5.74) is 4.94. The summed E-state index contributed by atoms with van der Waals surface area (Å²) in [5.74, 6) is 0. The predicted octanol–water partition coefficient (Wildman–Crippen LogP) is 3.09. The van der Waals surface area contributed by atoms with Crippen LogP contribution in [0.2, 0.25) is 5.02 Å². The van der Waals surface area contributed by atoms with Crippen molar-refractivity contribution in [2.75, 3.05) is 0 Å². The molecule has 0 heterocycles. The standard InChI is InChI=1S/C17H18ClNO/c18-16-5-4-14-8-17(9-15(14)7-16)19-10-12-2-1-3-13(6-12)11-20/h1-7,17,19-20H,8-11H2. The van der Waals surface area contributed by atoms with Crippen LogP contribution in [0.1, 0.15) is 22.3 Å². The zero-order valence-electron chi connectivity index (χ0n) is 11.3. The van der Waals surface area contributed by atoms with Crippen LogP contribution in [0.25, 0.3) is 0 Å². The fraction of sp³-hybridized carbons (Fsp3) is 0.294. The van der Waals surface area contributed by atoms with Crippen LogP contribution in [-0.4, -0.2) is 11.1 Å². The van der Waals surface area contributed by atoms with Gasteiger partial charge in [0.2, 0.25) is 0 Å². The number of nitrogens with one attached hydrogen (secondary N) is 1. The van der Waals surface area contributed by atoms with Gasteiger partial charge in [-0.1, -0.05) is 41.9 Å². The van der Waals surface area contributed by atoms with Crippen molar-refractivity contribution in [3.8, 4) is 0 Å². The summed E-state index contributed by atoms with van der Waals surface area (Å²) in [6.45, 7) is 0.932. The number of rotatable bonds is 4. The lowest BCUT2D eigenvalue weighted by Gasteiger charge is -2.12. The molecule has 3 rings (SSSR count). The van der Waals surface area contributed by atoms with Crippen molar-refractivity contribution >= 4 is 11.6 Å². The van der Waals surface area contributed by atoms with E-state index in [0.717, 1.165) is 30.0 Å². The summed E-state index contributed by atoms with van der Waals surface area (Å²) in [6, 6.07) is 14.7. The molecule has 1 unspecified atom stereocenters. The maximum Gasteiger partial charge on any atom is 0.0681 e. The van der Waals surface area contributed by atoms with E-state index in [4.69, 9.17) is 16.7 Å². The second-order valence-corrected chi connectivity index (χ2v) is 5.81. The molecule has 3 heteroatoms. The number of benzene rings is 2. The molecule has 104 valence electrons. The Morgan fingerprint density at radius 3 is 2.70 bits per heavy atom. The van der Waals surface area contributed by atoms with Gasteiger partial charge in [-0.3, -0.25) is 0 Å². The van der Waals surface area contributed by atoms with Crippen molar-refractivity contribution in [2.45, 2.75) is 32.0 Å². The van der Waals surface area contributed by atoms with E-state index in [1.165, 1.54) is 16.7 Å². The number of hydrogen-bond acceptors (Lipinski definition) is 2. The van der Waals surface area contributed by atoms with Crippen molar-refractivity contribution in [1.29, 1.82) is 0 Å². The molecule has 0 amide bonds. The minimum absolute atomic E-state index is 0.0984. The highest BCUT2D eigenvalue weighted by atomic mass is 35.5. The Labute approximate surface area is 124 Å². The molecule has 1 aliphatic carbocycles. The molecule has 1 aliphatic rings. The van der Waals surface area contributed by atoms with E-state index in [2.05, 4.69) is 23.5 Å². The van der Waals surface area contributed by atoms with Crippen molar-refractivity contribution in [3.63, 3.8) is 0 Å². The molecule has 0 aliphatic heterocycles. The zero-order valence-corrected chi connectivity index (χ0v) is 12.0. The number of hydrogen-bond donors (Lipinski definition) is 2. The maximum atomic E-state index is 9.15. The van der Waals surface area contributed by atoms with Gasteiger partial charge in [-0.15, -0.1) is 0 Å².